The van der Waals surface area contributed by atoms with Gasteiger partial charge >= 0.3 is 0 Å². The highest BCUT2D eigenvalue weighted by Crippen LogP contribution is 2.29. The van der Waals surface area contributed by atoms with Crippen molar-refractivity contribution in [3.8, 4) is 0 Å². The van der Waals surface area contributed by atoms with Crippen LogP contribution >= 0.6 is 15.9 Å². The molecule has 2 nitrogen and oxygen atoms in total. The lowest BCUT2D eigenvalue weighted by Gasteiger charge is -2.37. The van der Waals surface area contributed by atoms with Crippen molar-refractivity contribution in [1.82, 2.24) is 4.90 Å². The van der Waals surface area contributed by atoms with Gasteiger partial charge in [0.05, 0.1) is 12.7 Å². The number of halogens is 1. The topological polar surface area (TPSA) is 12.5 Å². The van der Waals surface area contributed by atoms with Gasteiger partial charge in [0.1, 0.15) is 0 Å². The summed E-state index contributed by atoms with van der Waals surface area (Å²) in [5, 5.41) is 0. The molecule has 21 heavy (non-hydrogen) atoms. The maximum Gasteiger partial charge on any atom is 0.0952 e. The minimum atomic E-state index is 0.179. The van der Waals surface area contributed by atoms with E-state index in [0.717, 1.165) is 24.2 Å². The molecule has 0 radical (unpaired) electrons. The summed E-state index contributed by atoms with van der Waals surface area (Å²) in [4.78, 5) is 2.50. The number of nitrogens with zero attached hydrogens (tertiary/aromatic N) is 1. The second-order valence-corrected chi connectivity index (χ2v) is 6.41. The molecule has 0 spiro atoms. The summed E-state index contributed by atoms with van der Waals surface area (Å²) >= 11 is 3.50. The van der Waals surface area contributed by atoms with Gasteiger partial charge in [-0.05, 0) is 30.2 Å². The molecule has 1 fully saturated rings. The van der Waals surface area contributed by atoms with Crippen LogP contribution in [0.15, 0.2) is 59.1 Å². The van der Waals surface area contributed by atoms with E-state index in [2.05, 4.69) is 82.4 Å². The maximum atomic E-state index is 5.95. The predicted molar refractivity (Wildman–Crippen MR) is 89.3 cm³/mol. The molecular formula is C18H20BrNO. The zero-order valence-electron chi connectivity index (χ0n) is 12.2. The zero-order chi connectivity index (χ0) is 14.7. The van der Waals surface area contributed by atoms with Gasteiger partial charge < -0.3 is 4.74 Å². The van der Waals surface area contributed by atoms with Crippen LogP contribution < -0.4 is 0 Å². The van der Waals surface area contributed by atoms with Crippen LogP contribution in [0.25, 0.3) is 0 Å². The Bertz CT molecular complexity index is 570. The van der Waals surface area contributed by atoms with Gasteiger partial charge in [-0.25, -0.2) is 0 Å². The van der Waals surface area contributed by atoms with Gasteiger partial charge in [-0.2, -0.15) is 0 Å². The Labute approximate surface area is 134 Å². The summed E-state index contributed by atoms with van der Waals surface area (Å²) in [6.07, 6.45) is 0.179. The van der Waals surface area contributed by atoms with Crippen molar-refractivity contribution in [2.75, 3.05) is 19.7 Å². The van der Waals surface area contributed by atoms with Crippen molar-refractivity contribution < 1.29 is 4.74 Å². The zero-order valence-corrected chi connectivity index (χ0v) is 13.8. The summed E-state index contributed by atoms with van der Waals surface area (Å²) in [6.45, 7) is 5.00. The standard InChI is InChI=1S/C18H20BrNO/c1-14(15-7-9-17(19)10-8-15)20-11-12-21-18(13-20)16-5-3-2-4-6-16/h2-10,14,18H,11-13H2,1H3. The lowest BCUT2D eigenvalue weighted by molar-refractivity contribution is -0.0431. The van der Waals surface area contributed by atoms with Gasteiger partial charge in [0.2, 0.25) is 0 Å². The van der Waals surface area contributed by atoms with Crippen LogP contribution in [0.1, 0.15) is 30.2 Å². The first-order valence-electron chi connectivity index (χ1n) is 7.40. The molecule has 3 heteroatoms. The second kappa shape index (κ2) is 6.73. The minimum absolute atomic E-state index is 0.179. The predicted octanol–water partition coefficient (Wildman–Crippen LogP) is 4.58. The molecular weight excluding hydrogens is 326 g/mol. The molecule has 0 N–H and O–H groups in total. The van der Waals surface area contributed by atoms with Gasteiger partial charge in [0, 0.05) is 23.6 Å². The third-order valence-electron chi connectivity index (χ3n) is 4.17. The van der Waals surface area contributed by atoms with Crippen molar-refractivity contribution >= 4 is 15.9 Å². The lowest BCUT2D eigenvalue weighted by Crippen LogP contribution is -2.39. The molecule has 0 aliphatic carbocycles. The third-order valence-corrected chi connectivity index (χ3v) is 4.70. The second-order valence-electron chi connectivity index (χ2n) is 5.49. The van der Waals surface area contributed by atoms with Gasteiger partial charge in [-0.3, -0.25) is 4.90 Å². The van der Waals surface area contributed by atoms with Crippen LogP contribution in [0.5, 0.6) is 0 Å². The molecule has 2 aromatic rings. The Balaban J connectivity index is 1.72. The quantitative estimate of drug-likeness (QED) is 0.806. The molecule has 0 bridgehead atoms. The van der Waals surface area contributed by atoms with Gasteiger partial charge in [-0.15, -0.1) is 0 Å². The van der Waals surface area contributed by atoms with E-state index in [1.807, 2.05) is 0 Å². The molecule has 0 amide bonds. The van der Waals surface area contributed by atoms with Crippen LogP contribution in [0.2, 0.25) is 0 Å². The maximum absolute atomic E-state index is 5.95. The first-order valence-corrected chi connectivity index (χ1v) is 8.19. The van der Waals surface area contributed by atoms with Crippen molar-refractivity contribution in [2.24, 2.45) is 0 Å². The number of benzene rings is 2. The van der Waals surface area contributed by atoms with E-state index in [1.54, 1.807) is 0 Å². The van der Waals surface area contributed by atoms with Crippen molar-refractivity contribution in [3.05, 3.63) is 70.2 Å². The van der Waals surface area contributed by atoms with E-state index in [-0.39, 0.29) is 6.10 Å². The molecule has 2 atom stereocenters. The summed E-state index contributed by atoms with van der Waals surface area (Å²) < 4.78 is 7.08. The number of hydrogen-bond acceptors (Lipinski definition) is 2. The monoisotopic (exact) mass is 345 g/mol. The number of rotatable bonds is 3. The van der Waals surface area contributed by atoms with E-state index in [9.17, 15) is 0 Å². The van der Waals surface area contributed by atoms with Crippen LogP contribution in [-0.4, -0.2) is 24.6 Å². The molecule has 0 saturated carbocycles. The highest BCUT2D eigenvalue weighted by atomic mass is 79.9. The van der Waals surface area contributed by atoms with E-state index in [0.29, 0.717) is 6.04 Å². The van der Waals surface area contributed by atoms with E-state index in [1.165, 1.54) is 11.1 Å². The normalized spacial score (nSPS) is 21.1. The molecule has 110 valence electrons. The van der Waals surface area contributed by atoms with Gasteiger partial charge in [0.25, 0.3) is 0 Å². The molecule has 2 aromatic carbocycles. The fourth-order valence-electron chi connectivity index (χ4n) is 2.84. The molecule has 0 aromatic heterocycles. The fourth-order valence-corrected chi connectivity index (χ4v) is 3.11. The highest BCUT2D eigenvalue weighted by Gasteiger charge is 2.25. The summed E-state index contributed by atoms with van der Waals surface area (Å²) in [6, 6.07) is 19.5. The first kappa shape index (κ1) is 14.8. The minimum Gasteiger partial charge on any atom is -0.371 e. The third kappa shape index (κ3) is 3.54. The van der Waals surface area contributed by atoms with Crippen LogP contribution in [0.3, 0.4) is 0 Å². The van der Waals surface area contributed by atoms with E-state index < -0.39 is 0 Å². The summed E-state index contributed by atoms with van der Waals surface area (Å²) in [7, 11) is 0. The fraction of sp³-hybridized carbons (Fsp3) is 0.333. The summed E-state index contributed by atoms with van der Waals surface area (Å²) in [5.41, 5.74) is 2.62. The number of morpholine rings is 1. The summed E-state index contributed by atoms with van der Waals surface area (Å²) in [5.74, 6) is 0. The molecule has 1 aliphatic rings. The Morgan fingerprint density at radius 1 is 1.10 bits per heavy atom. The lowest BCUT2D eigenvalue weighted by atomic mass is 10.0. The smallest absolute Gasteiger partial charge is 0.0952 e. The van der Waals surface area contributed by atoms with Crippen molar-refractivity contribution in [2.45, 2.75) is 19.1 Å². The molecule has 3 rings (SSSR count). The molecule has 1 heterocycles. The molecule has 1 saturated heterocycles. The van der Waals surface area contributed by atoms with Crippen LogP contribution in [0, 0.1) is 0 Å². The molecule has 1 aliphatic heterocycles. The number of ether oxygens (including phenoxy) is 1. The van der Waals surface area contributed by atoms with Crippen molar-refractivity contribution in [3.63, 3.8) is 0 Å². The van der Waals surface area contributed by atoms with E-state index >= 15 is 0 Å². The Morgan fingerprint density at radius 3 is 2.52 bits per heavy atom. The van der Waals surface area contributed by atoms with Gasteiger partial charge in [-0.1, -0.05) is 58.4 Å². The highest BCUT2D eigenvalue weighted by molar-refractivity contribution is 9.10. The number of hydrogen-bond donors (Lipinski definition) is 0. The largest absolute Gasteiger partial charge is 0.371 e. The Morgan fingerprint density at radius 2 is 1.81 bits per heavy atom. The first-order chi connectivity index (χ1) is 10.2. The average Bonchev–Trinajstić information content (AvgIpc) is 2.56. The van der Waals surface area contributed by atoms with E-state index in [4.69, 9.17) is 4.74 Å². The van der Waals surface area contributed by atoms with Gasteiger partial charge in [0.15, 0.2) is 0 Å². The van der Waals surface area contributed by atoms with Crippen LogP contribution in [0.4, 0.5) is 0 Å². The Hall–Kier alpha value is -1.16. The van der Waals surface area contributed by atoms with Crippen LogP contribution in [-0.2, 0) is 4.74 Å². The molecule has 2 unspecified atom stereocenters. The average molecular weight is 346 g/mol. The Kier molecular flexibility index (Phi) is 4.73. The van der Waals surface area contributed by atoms with Crippen molar-refractivity contribution in [1.29, 1.82) is 0 Å². The SMILES string of the molecule is CC(c1ccc(Br)cc1)N1CCOC(c2ccccc2)C1.